The normalized spacial score (nSPS) is 17.0. The molecule has 0 unspecified atom stereocenters. The Morgan fingerprint density at radius 3 is 2.82 bits per heavy atom. The minimum Gasteiger partial charge on any atom is -0.348 e. The van der Waals surface area contributed by atoms with Gasteiger partial charge in [-0.2, -0.15) is 0 Å². The van der Waals surface area contributed by atoms with E-state index in [0.717, 1.165) is 31.4 Å². The number of rotatable bonds is 6. The fraction of sp³-hybridized carbons (Fsp3) is 0.500. The molecule has 1 aromatic heterocycles. The molecule has 2 aromatic rings. The predicted molar refractivity (Wildman–Crippen MR) is 89.2 cm³/mol. The average Bonchev–Trinajstić information content (AvgIpc) is 3.03. The fourth-order valence-corrected chi connectivity index (χ4v) is 3.04. The van der Waals surface area contributed by atoms with E-state index in [1.807, 2.05) is 6.20 Å². The Morgan fingerprint density at radius 2 is 2.05 bits per heavy atom. The van der Waals surface area contributed by atoms with Crippen LogP contribution in [0.4, 0.5) is 0 Å². The van der Waals surface area contributed by atoms with E-state index in [1.165, 1.54) is 37.1 Å². The van der Waals surface area contributed by atoms with Crippen molar-refractivity contribution in [1.29, 1.82) is 0 Å². The lowest BCUT2D eigenvalue weighted by molar-refractivity contribution is 0.185. The van der Waals surface area contributed by atoms with Crippen LogP contribution in [0.1, 0.15) is 36.7 Å². The first kappa shape index (κ1) is 15.3. The Kier molecular flexibility index (Phi) is 5.24. The molecule has 1 fully saturated rings. The number of imidazole rings is 1. The summed E-state index contributed by atoms with van der Waals surface area (Å²) >= 11 is 0. The first-order valence-electron chi connectivity index (χ1n) is 8.29. The maximum absolute atomic E-state index is 4.22. The van der Waals surface area contributed by atoms with E-state index in [9.17, 15) is 0 Å². The maximum Gasteiger partial charge on any atom is 0.120 e. The van der Waals surface area contributed by atoms with Crippen LogP contribution >= 0.6 is 0 Å². The summed E-state index contributed by atoms with van der Waals surface area (Å²) in [6, 6.07) is 8.93. The average molecular weight is 298 g/mol. The second-order valence-corrected chi connectivity index (χ2v) is 6.42. The van der Waals surface area contributed by atoms with Gasteiger partial charge < -0.3 is 10.3 Å². The monoisotopic (exact) mass is 298 g/mol. The number of piperidine rings is 1. The van der Waals surface area contributed by atoms with Gasteiger partial charge in [-0.1, -0.05) is 31.2 Å². The number of aromatic amines is 1. The Labute approximate surface area is 133 Å². The molecule has 1 aliphatic heterocycles. The summed E-state index contributed by atoms with van der Waals surface area (Å²) in [7, 11) is 0. The maximum atomic E-state index is 4.22. The summed E-state index contributed by atoms with van der Waals surface area (Å²) in [4.78, 5) is 9.91. The summed E-state index contributed by atoms with van der Waals surface area (Å²) in [5.74, 6) is 1.88. The lowest BCUT2D eigenvalue weighted by Crippen LogP contribution is -2.32. The molecule has 2 N–H and O–H groups in total. The second-order valence-electron chi connectivity index (χ2n) is 6.42. The zero-order chi connectivity index (χ0) is 15.2. The largest absolute Gasteiger partial charge is 0.348 e. The number of hydrogen-bond donors (Lipinski definition) is 2. The van der Waals surface area contributed by atoms with Gasteiger partial charge in [0.05, 0.1) is 6.54 Å². The van der Waals surface area contributed by atoms with Crippen LogP contribution in [0.15, 0.2) is 36.7 Å². The molecule has 0 amide bonds. The minimum atomic E-state index is 0.779. The third-order valence-electron chi connectivity index (χ3n) is 4.45. The molecule has 0 bridgehead atoms. The van der Waals surface area contributed by atoms with E-state index in [-0.39, 0.29) is 0 Å². The topological polar surface area (TPSA) is 44.0 Å². The Morgan fingerprint density at radius 1 is 1.23 bits per heavy atom. The van der Waals surface area contributed by atoms with E-state index in [4.69, 9.17) is 0 Å². The third kappa shape index (κ3) is 4.42. The molecule has 0 radical (unpaired) electrons. The van der Waals surface area contributed by atoms with Crippen molar-refractivity contribution >= 4 is 0 Å². The van der Waals surface area contributed by atoms with Gasteiger partial charge in [0.1, 0.15) is 5.82 Å². The van der Waals surface area contributed by atoms with Crippen LogP contribution in [0.25, 0.3) is 0 Å². The highest BCUT2D eigenvalue weighted by Crippen LogP contribution is 2.18. The van der Waals surface area contributed by atoms with Gasteiger partial charge in [-0.05, 0) is 43.0 Å². The van der Waals surface area contributed by atoms with Crippen molar-refractivity contribution in [3.8, 4) is 0 Å². The van der Waals surface area contributed by atoms with Gasteiger partial charge in [0, 0.05) is 25.5 Å². The van der Waals surface area contributed by atoms with E-state index in [0.29, 0.717) is 0 Å². The lowest BCUT2D eigenvalue weighted by atomic mass is 9.98. The molecule has 0 atom stereocenters. The van der Waals surface area contributed by atoms with Crippen molar-refractivity contribution in [2.45, 2.75) is 39.4 Å². The first-order chi connectivity index (χ1) is 10.8. The molecule has 0 spiro atoms. The highest BCUT2D eigenvalue weighted by atomic mass is 15.1. The van der Waals surface area contributed by atoms with Crippen LogP contribution in [0.5, 0.6) is 0 Å². The number of benzene rings is 1. The van der Waals surface area contributed by atoms with Crippen LogP contribution in [-0.2, 0) is 19.6 Å². The number of aromatic nitrogens is 2. The van der Waals surface area contributed by atoms with Crippen molar-refractivity contribution in [2.24, 2.45) is 5.92 Å². The van der Waals surface area contributed by atoms with Gasteiger partial charge in [0.25, 0.3) is 0 Å². The summed E-state index contributed by atoms with van der Waals surface area (Å²) in [5, 5.41) is 3.43. The lowest BCUT2D eigenvalue weighted by Gasteiger charge is -2.30. The molecule has 0 aliphatic carbocycles. The van der Waals surface area contributed by atoms with E-state index >= 15 is 0 Å². The number of H-pyrrole nitrogens is 1. The molecule has 1 aliphatic rings. The molecule has 118 valence electrons. The number of hydrogen-bond acceptors (Lipinski definition) is 3. The molecule has 4 nitrogen and oxygen atoms in total. The zero-order valence-corrected chi connectivity index (χ0v) is 13.4. The summed E-state index contributed by atoms with van der Waals surface area (Å²) in [6.07, 6.45) is 6.32. The van der Waals surface area contributed by atoms with Crippen LogP contribution in [-0.4, -0.2) is 28.0 Å². The molecular formula is C18H26N4. The van der Waals surface area contributed by atoms with Crippen LogP contribution in [0.3, 0.4) is 0 Å². The van der Waals surface area contributed by atoms with Crippen molar-refractivity contribution in [3.05, 3.63) is 53.6 Å². The molecule has 1 saturated heterocycles. The SMILES string of the molecule is CC1CCN(Cc2cccc(CNCc3ncc[nH]3)c2)CC1. The Bertz CT molecular complexity index is 556. The van der Waals surface area contributed by atoms with Gasteiger partial charge in [-0.3, -0.25) is 4.90 Å². The van der Waals surface area contributed by atoms with Gasteiger partial charge in [0.15, 0.2) is 0 Å². The summed E-state index contributed by atoms with van der Waals surface area (Å²) in [6.45, 7) is 7.58. The van der Waals surface area contributed by atoms with Crippen molar-refractivity contribution in [3.63, 3.8) is 0 Å². The minimum absolute atomic E-state index is 0.779. The molecule has 22 heavy (non-hydrogen) atoms. The molecule has 1 aromatic carbocycles. The number of likely N-dealkylation sites (tertiary alicyclic amines) is 1. The first-order valence-corrected chi connectivity index (χ1v) is 8.29. The molecular weight excluding hydrogens is 272 g/mol. The number of nitrogens with one attached hydrogen (secondary N) is 2. The second kappa shape index (κ2) is 7.56. The molecule has 2 heterocycles. The molecule has 4 heteroatoms. The van der Waals surface area contributed by atoms with Gasteiger partial charge >= 0.3 is 0 Å². The van der Waals surface area contributed by atoms with Gasteiger partial charge in [-0.15, -0.1) is 0 Å². The van der Waals surface area contributed by atoms with Crippen LogP contribution < -0.4 is 5.32 Å². The highest BCUT2D eigenvalue weighted by molar-refractivity contribution is 5.23. The molecule has 0 saturated carbocycles. The van der Waals surface area contributed by atoms with E-state index < -0.39 is 0 Å². The van der Waals surface area contributed by atoms with Gasteiger partial charge in [0.2, 0.25) is 0 Å². The fourth-order valence-electron chi connectivity index (χ4n) is 3.04. The summed E-state index contributed by atoms with van der Waals surface area (Å²) < 4.78 is 0. The molecule has 3 rings (SSSR count). The van der Waals surface area contributed by atoms with Crippen molar-refractivity contribution < 1.29 is 0 Å². The standard InChI is InChI=1S/C18H26N4/c1-15-5-9-22(10-6-15)14-17-4-2-3-16(11-17)12-19-13-18-20-7-8-21-18/h2-4,7-8,11,15,19H,5-6,9-10,12-14H2,1H3,(H,20,21). The van der Waals surface area contributed by atoms with E-state index in [2.05, 4.69) is 51.4 Å². The quantitative estimate of drug-likeness (QED) is 0.862. The highest BCUT2D eigenvalue weighted by Gasteiger charge is 2.15. The Balaban J connectivity index is 1.49. The number of nitrogens with zero attached hydrogens (tertiary/aromatic N) is 2. The zero-order valence-electron chi connectivity index (χ0n) is 13.4. The smallest absolute Gasteiger partial charge is 0.120 e. The van der Waals surface area contributed by atoms with Crippen LogP contribution in [0, 0.1) is 5.92 Å². The van der Waals surface area contributed by atoms with Crippen molar-refractivity contribution in [1.82, 2.24) is 20.2 Å². The van der Waals surface area contributed by atoms with Crippen LogP contribution in [0.2, 0.25) is 0 Å². The van der Waals surface area contributed by atoms with Crippen molar-refractivity contribution in [2.75, 3.05) is 13.1 Å². The summed E-state index contributed by atoms with van der Waals surface area (Å²) in [5.41, 5.74) is 2.77. The third-order valence-corrected chi connectivity index (χ3v) is 4.45. The van der Waals surface area contributed by atoms with Gasteiger partial charge in [-0.25, -0.2) is 4.98 Å². The Hall–Kier alpha value is -1.65. The van der Waals surface area contributed by atoms with E-state index in [1.54, 1.807) is 6.20 Å². The predicted octanol–water partition coefficient (Wildman–Crippen LogP) is 2.93.